The van der Waals surface area contributed by atoms with Crippen LogP contribution in [-0.4, -0.2) is 81.5 Å². The third kappa shape index (κ3) is 12.7. The second-order valence-electron chi connectivity index (χ2n) is 15.8. The van der Waals surface area contributed by atoms with E-state index in [1.165, 1.54) is 126 Å². The Hall–Kier alpha value is -4.66. The highest BCUT2D eigenvalue weighted by molar-refractivity contribution is 7.92. The standard InChI is InChI=1S/C46H62ClN5O8S/c1-4-5-6-7-8-9-10-11-12-13-14-15-16-17-18-23-32-60-39-29-28-35(49-61(57,58)40-27-22-20-25-36(40)47)33-37(39)48-42(53)41(52-44(55)45(59-3)50(2)46(52)56)43(54)51-31-30-34-24-19-21-26-38(34)51/h19-22,24-29,33,41,45,49H,4-18,23,30-32H2,1-3H3,(H,48,53). The van der Waals surface area contributed by atoms with E-state index in [9.17, 15) is 27.6 Å². The van der Waals surface area contributed by atoms with E-state index < -0.39 is 46.0 Å². The topological polar surface area (TPSA) is 155 Å². The Labute approximate surface area is 366 Å². The number of carbonyl (C=O) groups excluding carboxylic acids is 4. The maximum atomic E-state index is 14.5. The van der Waals surface area contributed by atoms with Crippen LogP contribution in [0.1, 0.15) is 115 Å². The number of amides is 5. The quantitative estimate of drug-likeness (QED) is 0.0459. The van der Waals surface area contributed by atoms with Gasteiger partial charge in [0.15, 0.2) is 6.04 Å². The minimum Gasteiger partial charge on any atom is -0.491 e. The number of imide groups is 1. The van der Waals surface area contributed by atoms with Crippen LogP contribution < -0.4 is 19.7 Å². The molecule has 0 saturated carbocycles. The molecule has 0 radical (unpaired) electrons. The van der Waals surface area contributed by atoms with Gasteiger partial charge in [-0.1, -0.05) is 145 Å². The average Bonchev–Trinajstić information content (AvgIpc) is 3.76. The number of nitrogens with zero attached hydrogens (tertiary/aromatic N) is 3. The fourth-order valence-electron chi connectivity index (χ4n) is 7.92. The first-order valence-corrected chi connectivity index (χ1v) is 23.7. The molecule has 2 heterocycles. The lowest BCUT2D eigenvalue weighted by molar-refractivity contribution is -0.146. The third-order valence-electron chi connectivity index (χ3n) is 11.3. The van der Waals surface area contributed by atoms with Crippen molar-refractivity contribution in [3.05, 3.63) is 77.3 Å². The van der Waals surface area contributed by atoms with Crippen molar-refractivity contribution < 1.29 is 37.1 Å². The molecule has 5 rings (SSSR count). The summed E-state index contributed by atoms with van der Waals surface area (Å²) in [5.41, 5.74) is 1.54. The van der Waals surface area contributed by atoms with Crippen molar-refractivity contribution in [3.8, 4) is 5.75 Å². The number of likely N-dealkylation sites (N-methyl/N-ethyl adjacent to an activating group) is 1. The van der Waals surface area contributed by atoms with E-state index in [-0.39, 0.29) is 33.6 Å². The zero-order chi connectivity index (χ0) is 43.8. The maximum Gasteiger partial charge on any atom is 0.330 e. The van der Waals surface area contributed by atoms with Crippen molar-refractivity contribution in [1.29, 1.82) is 0 Å². The predicted octanol–water partition coefficient (Wildman–Crippen LogP) is 9.54. The van der Waals surface area contributed by atoms with Gasteiger partial charge in [0.05, 0.1) is 23.0 Å². The van der Waals surface area contributed by atoms with E-state index >= 15 is 0 Å². The third-order valence-corrected chi connectivity index (χ3v) is 13.2. The monoisotopic (exact) mass is 879 g/mol. The average molecular weight is 881 g/mol. The molecule has 1 fully saturated rings. The zero-order valence-corrected chi connectivity index (χ0v) is 37.4. The summed E-state index contributed by atoms with van der Waals surface area (Å²) in [4.78, 5) is 59.0. The number of urea groups is 1. The minimum atomic E-state index is -4.17. The molecular formula is C46H62ClN5O8S. The van der Waals surface area contributed by atoms with Crippen LogP contribution >= 0.6 is 11.6 Å². The largest absolute Gasteiger partial charge is 0.491 e. The van der Waals surface area contributed by atoms with Crippen LogP contribution in [0.4, 0.5) is 21.9 Å². The number of anilines is 3. The van der Waals surface area contributed by atoms with Crippen LogP contribution in [-0.2, 0) is 35.6 Å². The second-order valence-corrected chi connectivity index (χ2v) is 17.9. The Balaban J connectivity index is 1.26. The number of para-hydroxylation sites is 1. The lowest BCUT2D eigenvalue weighted by Gasteiger charge is -2.28. The number of sulfonamides is 1. The molecule has 0 bridgehead atoms. The number of benzene rings is 3. The van der Waals surface area contributed by atoms with Crippen LogP contribution in [0.25, 0.3) is 0 Å². The molecular weight excluding hydrogens is 818 g/mol. The normalized spacial score (nSPS) is 15.6. The Kier molecular flexibility index (Phi) is 18.3. The summed E-state index contributed by atoms with van der Waals surface area (Å²) < 4.78 is 40.7. The molecule has 5 amide bonds. The van der Waals surface area contributed by atoms with Crippen molar-refractivity contribution in [2.45, 2.75) is 133 Å². The molecule has 2 aliphatic heterocycles. The van der Waals surface area contributed by atoms with Gasteiger partial charge in [0.2, 0.25) is 6.23 Å². The van der Waals surface area contributed by atoms with E-state index in [2.05, 4.69) is 17.0 Å². The number of ether oxygens (including phenoxy) is 2. The van der Waals surface area contributed by atoms with E-state index in [1.807, 2.05) is 12.1 Å². The van der Waals surface area contributed by atoms with Gasteiger partial charge in [0.25, 0.3) is 27.7 Å². The molecule has 2 aliphatic rings. The number of fused-ring (bicyclic) bond motifs is 1. The summed E-state index contributed by atoms with van der Waals surface area (Å²) in [5.74, 6) is -2.46. The summed E-state index contributed by atoms with van der Waals surface area (Å²) in [6, 6.07) is 14.7. The Bertz CT molecular complexity index is 2070. The van der Waals surface area contributed by atoms with E-state index in [1.54, 1.807) is 24.3 Å². The lowest BCUT2D eigenvalue weighted by Crippen LogP contribution is -2.57. The number of methoxy groups -OCH3 is 1. The van der Waals surface area contributed by atoms with Crippen molar-refractivity contribution >= 4 is 62.4 Å². The molecule has 0 aliphatic carbocycles. The first-order valence-electron chi connectivity index (χ1n) is 21.9. The van der Waals surface area contributed by atoms with E-state index in [0.717, 1.165) is 36.1 Å². The van der Waals surface area contributed by atoms with Gasteiger partial charge >= 0.3 is 6.03 Å². The number of rotatable bonds is 26. The molecule has 3 aromatic carbocycles. The van der Waals surface area contributed by atoms with Crippen LogP contribution in [0.15, 0.2) is 71.6 Å². The first-order chi connectivity index (χ1) is 29.5. The van der Waals surface area contributed by atoms with Crippen LogP contribution in [0.3, 0.4) is 0 Å². The minimum absolute atomic E-state index is 0.0198. The number of hydrogen-bond donors (Lipinski definition) is 2. The highest BCUT2D eigenvalue weighted by Gasteiger charge is 2.53. The van der Waals surface area contributed by atoms with E-state index in [4.69, 9.17) is 21.1 Å². The van der Waals surface area contributed by atoms with Gasteiger partial charge in [-0.3, -0.25) is 24.0 Å². The number of nitrogens with one attached hydrogen (secondary N) is 2. The van der Waals surface area contributed by atoms with Gasteiger partial charge in [-0.05, 0) is 54.8 Å². The molecule has 0 spiro atoms. The highest BCUT2D eigenvalue weighted by atomic mass is 35.5. The molecule has 2 atom stereocenters. The molecule has 1 saturated heterocycles. The number of hydrogen-bond acceptors (Lipinski definition) is 8. The van der Waals surface area contributed by atoms with Gasteiger partial charge < -0.3 is 19.7 Å². The fourth-order valence-corrected chi connectivity index (χ4v) is 9.49. The number of carbonyl (C=O) groups is 4. The molecule has 13 nitrogen and oxygen atoms in total. The molecule has 2 N–H and O–H groups in total. The summed E-state index contributed by atoms with van der Waals surface area (Å²) >= 11 is 6.22. The molecule has 332 valence electrons. The molecule has 15 heteroatoms. The Morgan fingerprint density at radius 2 is 1.41 bits per heavy atom. The van der Waals surface area contributed by atoms with Gasteiger partial charge in [-0.25, -0.2) is 18.1 Å². The van der Waals surface area contributed by atoms with Crippen molar-refractivity contribution in [1.82, 2.24) is 9.80 Å². The van der Waals surface area contributed by atoms with Crippen LogP contribution in [0.5, 0.6) is 5.75 Å². The zero-order valence-electron chi connectivity index (χ0n) is 35.8. The summed E-state index contributed by atoms with van der Waals surface area (Å²) in [5, 5.41) is 2.73. The highest BCUT2D eigenvalue weighted by Crippen LogP contribution is 2.34. The smallest absolute Gasteiger partial charge is 0.330 e. The summed E-state index contributed by atoms with van der Waals surface area (Å²) in [7, 11) is -1.58. The van der Waals surface area contributed by atoms with Crippen molar-refractivity contribution in [3.63, 3.8) is 0 Å². The summed E-state index contributed by atoms with van der Waals surface area (Å²) in [6.07, 6.45) is 18.9. The fraction of sp³-hybridized carbons (Fsp3) is 0.522. The second kappa shape index (κ2) is 23.5. The molecule has 3 aromatic rings. The number of unbranched alkanes of at least 4 members (excludes halogenated alkanes) is 15. The van der Waals surface area contributed by atoms with E-state index in [0.29, 0.717) is 23.6 Å². The Morgan fingerprint density at radius 3 is 2.02 bits per heavy atom. The van der Waals surface area contributed by atoms with Crippen molar-refractivity contribution in [2.75, 3.05) is 42.2 Å². The predicted molar refractivity (Wildman–Crippen MR) is 239 cm³/mol. The van der Waals surface area contributed by atoms with Crippen LogP contribution in [0.2, 0.25) is 5.02 Å². The van der Waals surface area contributed by atoms with Gasteiger partial charge in [0, 0.05) is 26.4 Å². The number of halogens is 1. The SMILES string of the molecule is CCCCCCCCCCCCCCCCCCOc1ccc(NS(=O)(=O)c2ccccc2Cl)cc1NC(=O)C(C(=O)N1CCc2ccccc21)N1C(=O)C(OC)N(C)C1=O. The van der Waals surface area contributed by atoms with Gasteiger partial charge in [-0.2, -0.15) is 0 Å². The lowest BCUT2D eigenvalue weighted by atomic mass is 10.0. The van der Waals surface area contributed by atoms with Gasteiger partial charge in [-0.15, -0.1) is 0 Å². The van der Waals surface area contributed by atoms with Crippen LogP contribution in [0, 0.1) is 0 Å². The first kappa shape index (κ1) is 47.4. The summed E-state index contributed by atoms with van der Waals surface area (Å²) in [6.45, 7) is 2.79. The molecule has 2 unspecified atom stereocenters. The maximum absolute atomic E-state index is 14.5. The van der Waals surface area contributed by atoms with Gasteiger partial charge in [0.1, 0.15) is 10.6 Å². The molecule has 0 aromatic heterocycles. The van der Waals surface area contributed by atoms with Crippen molar-refractivity contribution in [2.24, 2.45) is 0 Å². The Morgan fingerprint density at radius 1 is 0.820 bits per heavy atom. The molecule has 61 heavy (non-hydrogen) atoms.